The number of anilines is 1. The summed E-state index contributed by atoms with van der Waals surface area (Å²) in [5.74, 6) is -0.341. The van der Waals surface area contributed by atoms with Crippen molar-refractivity contribution in [1.29, 1.82) is 0 Å². The van der Waals surface area contributed by atoms with Crippen LogP contribution >= 0.6 is 0 Å². The summed E-state index contributed by atoms with van der Waals surface area (Å²) < 4.78 is 12.8. The Balaban J connectivity index is 1.54. The van der Waals surface area contributed by atoms with Gasteiger partial charge in [-0.2, -0.15) is 0 Å². The van der Waals surface area contributed by atoms with Gasteiger partial charge in [-0.15, -0.1) is 0 Å². The largest absolute Gasteiger partial charge is 0.399 e. The zero-order valence-corrected chi connectivity index (χ0v) is 13.1. The second kappa shape index (κ2) is 7.08. The van der Waals surface area contributed by atoms with Crippen molar-refractivity contribution in [1.82, 2.24) is 10.3 Å². The number of carbonyl (C=O) groups is 1. The standard InChI is InChI=1S/C19H18FN3O/c20-15-4-1-13(2-5-15)9-10-22-19(24)12-17-7-3-14-11-16(21)6-8-18(14)23-17/h1-8,11H,9-10,12,21H2,(H,22,24). The maximum atomic E-state index is 12.8. The summed E-state index contributed by atoms with van der Waals surface area (Å²) >= 11 is 0. The third kappa shape index (κ3) is 4.07. The molecular weight excluding hydrogens is 305 g/mol. The molecule has 0 atom stereocenters. The Labute approximate surface area is 139 Å². The highest BCUT2D eigenvalue weighted by atomic mass is 19.1. The second-order valence-electron chi connectivity index (χ2n) is 5.66. The van der Waals surface area contributed by atoms with Crippen LogP contribution in [0.1, 0.15) is 11.3 Å². The molecule has 1 heterocycles. The third-order valence-electron chi connectivity index (χ3n) is 3.76. The average Bonchev–Trinajstić information content (AvgIpc) is 2.57. The van der Waals surface area contributed by atoms with Crippen LogP contribution in [0.2, 0.25) is 0 Å². The van der Waals surface area contributed by atoms with E-state index >= 15 is 0 Å². The van der Waals surface area contributed by atoms with Crippen molar-refractivity contribution in [2.45, 2.75) is 12.8 Å². The zero-order chi connectivity index (χ0) is 16.9. The van der Waals surface area contributed by atoms with Crippen LogP contribution in [-0.2, 0) is 17.6 Å². The van der Waals surface area contributed by atoms with Crippen LogP contribution in [0.3, 0.4) is 0 Å². The molecule has 1 amide bonds. The normalized spacial score (nSPS) is 10.7. The number of nitrogen functional groups attached to an aromatic ring is 1. The molecule has 1 aromatic heterocycles. The fourth-order valence-electron chi connectivity index (χ4n) is 2.51. The van der Waals surface area contributed by atoms with Gasteiger partial charge in [-0.25, -0.2) is 4.39 Å². The maximum Gasteiger partial charge on any atom is 0.226 e. The van der Waals surface area contributed by atoms with Crippen molar-refractivity contribution in [3.8, 4) is 0 Å². The summed E-state index contributed by atoms with van der Waals surface area (Å²) in [6, 6.07) is 15.5. The minimum Gasteiger partial charge on any atom is -0.399 e. The lowest BCUT2D eigenvalue weighted by molar-refractivity contribution is -0.120. The highest BCUT2D eigenvalue weighted by molar-refractivity contribution is 5.83. The van der Waals surface area contributed by atoms with Gasteiger partial charge in [0, 0.05) is 17.6 Å². The lowest BCUT2D eigenvalue weighted by Gasteiger charge is -2.06. The van der Waals surface area contributed by atoms with Gasteiger partial charge >= 0.3 is 0 Å². The monoisotopic (exact) mass is 323 g/mol. The SMILES string of the molecule is Nc1ccc2nc(CC(=O)NCCc3ccc(F)cc3)ccc2c1. The number of rotatable bonds is 5. The molecule has 0 bridgehead atoms. The predicted molar refractivity (Wildman–Crippen MR) is 93.0 cm³/mol. The highest BCUT2D eigenvalue weighted by Crippen LogP contribution is 2.16. The topological polar surface area (TPSA) is 68.0 Å². The Morgan fingerprint density at radius 1 is 1.08 bits per heavy atom. The number of hydrogen-bond acceptors (Lipinski definition) is 3. The predicted octanol–water partition coefficient (Wildman–Crippen LogP) is 2.86. The number of fused-ring (bicyclic) bond motifs is 1. The van der Waals surface area contributed by atoms with Gasteiger partial charge in [0.1, 0.15) is 5.82 Å². The van der Waals surface area contributed by atoms with Crippen LogP contribution in [-0.4, -0.2) is 17.4 Å². The van der Waals surface area contributed by atoms with Gasteiger partial charge in [-0.1, -0.05) is 18.2 Å². The molecule has 3 N–H and O–H groups in total. The van der Waals surface area contributed by atoms with E-state index in [1.165, 1.54) is 12.1 Å². The van der Waals surface area contributed by atoms with Crippen LogP contribution in [0.25, 0.3) is 10.9 Å². The summed E-state index contributed by atoms with van der Waals surface area (Å²) in [7, 11) is 0. The second-order valence-corrected chi connectivity index (χ2v) is 5.66. The zero-order valence-electron chi connectivity index (χ0n) is 13.1. The number of carbonyl (C=O) groups excluding carboxylic acids is 1. The van der Waals surface area contributed by atoms with Crippen LogP contribution in [0.5, 0.6) is 0 Å². The molecule has 0 fully saturated rings. The molecule has 24 heavy (non-hydrogen) atoms. The first-order valence-electron chi connectivity index (χ1n) is 7.76. The molecule has 0 aliphatic heterocycles. The summed E-state index contributed by atoms with van der Waals surface area (Å²) in [6.45, 7) is 0.509. The van der Waals surface area contributed by atoms with Gasteiger partial charge in [-0.3, -0.25) is 9.78 Å². The maximum absolute atomic E-state index is 12.8. The van der Waals surface area contributed by atoms with Crippen LogP contribution in [0, 0.1) is 5.82 Å². The molecule has 122 valence electrons. The number of pyridine rings is 1. The highest BCUT2D eigenvalue weighted by Gasteiger charge is 2.06. The van der Waals surface area contributed by atoms with E-state index in [-0.39, 0.29) is 18.1 Å². The molecule has 4 nitrogen and oxygen atoms in total. The first-order chi connectivity index (χ1) is 11.6. The van der Waals surface area contributed by atoms with Gasteiger partial charge in [0.2, 0.25) is 5.91 Å². The van der Waals surface area contributed by atoms with E-state index in [1.54, 1.807) is 18.2 Å². The van der Waals surface area contributed by atoms with Crippen LogP contribution in [0.15, 0.2) is 54.6 Å². The quantitative estimate of drug-likeness (QED) is 0.710. The number of halogens is 1. The summed E-state index contributed by atoms with van der Waals surface area (Å²) in [6.07, 6.45) is 0.889. The number of aromatic nitrogens is 1. The number of nitrogens with two attached hydrogens (primary N) is 1. The summed E-state index contributed by atoms with van der Waals surface area (Å²) in [4.78, 5) is 16.5. The van der Waals surface area contributed by atoms with Gasteiger partial charge in [-0.05, 0) is 48.4 Å². The molecule has 0 radical (unpaired) electrons. The van der Waals surface area contributed by atoms with E-state index in [9.17, 15) is 9.18 Å². The molecule has 0 aliphatic carbocycles. The van der Waals surface area contributed by atoms with E-state index in [2.05, 4.69) is 10.3 Å². The molecule has 0 aliphatic rings. The Morgan fingerprint density at radius 2 is 1.88 bits per heavy atom. The molecule has 0 spiro atoms. The van der Waals surface area contributed by atoms with Gasteiger partial charge in [0.05, 0.1) is 17.6 Å². The Morgan fingerprint density at radius 3 is 2.67 bits per heavy atom. The van der Waals surface area contributed by atoms with Gasteiger partial charge in [0.15, 0.2) is 0 Å². The average molecular weight is 323 g/mol. The number of benzene rings is 2. The lowest BCUT2D eigenvalue weighted by Crippen LogP contribution is -2.27. The van der Waals surface area contributed by atoms with Crippen molar-refractivity contribution >= 4 is 22.5 Å². The first-order valence-corrected chi connectivity index (χ1v) is 7.76. The minimum absolute atomic E-state index is 0.0839. The van der Waals surface area contributed by atoms with Crippen molar-refractivity contribution in [3.63, 3.8) is 0 Å². The molecule has 3 aromatic rings. The van der Waals surface area contributed by atoms with Gasteiger partial charge in [0.25, 0.3) is 0 Å². The van der Waals surface area contributed by atoms with Crippen molar-refractivity contribution in [3.05, 3.63) is 71.7 Å². The first kappa shape index (κ1) is 15.9. The number of amides is 1. The van der Waals surface area contributed by atoms with E-state index in [4.69, 9.17) is 5.73 Å². The number of nitrogens with one attached hydrogen (secondary N) is 1. The van der Waals surface area contributed by atoms with Crippen molar-refractivity contribution in [2.24, 2.45) is 0 Å². The molecule has 0 unspecified atom stereocenters. The Kier molecular flexibility index (Phi) is 4.70. The molecule has 0 saturated carbocycles. The summed E-state index contributed by atoms with van der Waals surface area (Å²) in [5.41, 5.74) is 8.95. The van der Waals surface area contributed by atoms with Crippen molar-refractivity contribution in [2.75, 3.05) is 12.3 Å². The van der Waals surface area contributed by atoms with Crippen LogP contribution in [0.4, 0.5) is 10.1 Å². The van der Waals surface area contributed by atoms with E-state index in [1.807, 2.05) is 24.3 Å². The minimum atomic E-state index is -0.257. The summed E-state index contributed by atoms with van der Waals surface area (Å²) in [5, 5.41) is 3.81. The fourth-order valence-corrected chi connectivity index (χ4v) is 2.51. The van der Waals surface area contributed by atoms with Gasteiger partial charge < -0.3 is 11.1 Å². The molecular formula is C19H18FN3O. The van der Waals surface area contributed by atoms with E-state index in [0.717, 1.165) is 16.5 Å². The molecule has 0 saturated heterocycles. The Bertz CT molecular complexity index is 862. The number of nitrogens with zero attached hydrogens (tertiary/aromatic N) is 1. The van der Waals surface area contributed by atoms with Crippen molar-refractivity contribution < 1.29 is 9.18 Å². The lowest BCUT2D eigenvalue weighted by atomic mass is 10.1. The number of hydrogen-bond donors (Lipinski definition) is 2. The fraction of sp³-hybridized carbons (Fsp3) is 0.158. The molecule has 5 heteroatoms. The van der Waals surface area contributed by atoms with E-state index < -0.39 is 0 Å². The van der Waals surface area contributed by atoms with Crippen LogP contribution < -0.4 is 11.1 Å². The third-order valence-corrected chi connectivity index (χ3v) is 3.76. The van der Waals surface area contributed by atoms with E-state index in [0.29, 0.717) is 24.3 Å². The molecule has 2 aromatic carbocycles. The smallest absolute Gasteiger partial charge is 0.226 e. The Hall–Kier alpha value is -2.95. The molecule has 3 rings (SSSR count).